The van der Waals surface area contributed by atoms with Crippen LogP contribution in [0.5, 0.6) is 0 Å². The lowest BCUT2D eigenvalue weighted by atomic mass is 9.98. The molecule has 1 aromatic carbocycles. The molecule has 0 spiro atoms. The highest BCUT2D eigenvalue weighted by Gasteiger charge is 2.28. The smallest absolute Gasteiger partial charge is 0.310 e. The topological polar surface area (TPSA) is 71.8 Å². The van der Waals surface area contributed by atoms with Gasteiger partial charge in [0.25, 0.3) is 0 Å². The summed E-state index contributed by atoms with van der Waals surface area (Å²) < 4.78 is 20.0. The maximum absolute atomic E-state index is 13.1. The third-order valence-corrected chi connectivity index (χ3v) is 4.95. The quantitative estimate of drug-likeness (QED) is 0.457. The zero-order valence-electron chi connectivity index (χ0n) is 17.0. The fourth-order valence-corrected chi connectivity index (χ4v) is 3.49. The van der Waals surface area contributed by atoms with Gasteiger partial charge in [0.2, 0.25) is 0 Å². The molecule has 7 nitrogen and oxygen atoms in total. The Labute approximate surface area is 170 Å². The predicted molar refractivity (Wildman–Crippen MR) is 110 cm³/mol. The van der Waals surface area contributed by atoms with Gasteiger partial charge in [0.15, 0.2) is 5.96 Å². The summed E-state index contributed by atoms with van der Waals surface area (Å²) in [6.07, 6.45) is 4.38. The molecule has 2 heterocycles. The summed E-state index contributed by atoms with van der Waals surface area (Å²) in [4.78, 5) is 18.5. The van der Waals surface area contributed by atoms with Crippen molar-refractivity contribution in [3.63, 3.8) is 0 Å². The van der Waals surface area contributed by atoms with E-state index >= 15 is 0 Å². The lowest BCUT2D eigenvalue weighted by molar-refractivity contribution is -0.149. The number of halogens is 1. The number of ether oxygens (including phenoxy) is 1. The average Bonchev–Trinajstić information content (AvgIpc) is 3.21. The van der Waals surface area contributed by atoms with E-state index in [1.807, 2.05) is 19.2 Å². The van der Waals surface area contributed by atoms with E-state index in [1.54, 1.807) is 23.9 Å². The van der Waals surface area contributed by atoms with Crippen LogP contribution in [0.25, 0.3) is 5.69 Å². The molecule has 1 saturated heterocycles. The van der Waals surface area contributed by atoms with Crippen LogP contribution in [0.3, 0.4) is 0 Å². The van der Waals surface area contributed by atoms with E-state index in [1.165, 1.54) is 12.1 Å². The molecule has 1 aliphatic heterocycles. The molecule has 1 aromatic heterocycles. The molecule has 2 aromatic rings. The van der Waals surface area contributed by atoms with Gasteiger partial charge in [-0.15, -0.1) is 0 Å². The Morgan fingerprint density at radius 1 is 1.34 bits per heavy atom. The van der Waals surface area contributed by atoms with Crippen LogP contribution < -0.4 is 5.32 Å². The number of likely N-dealkylation sites (tertiary alicyclic amines) is 1. The van der Waals surface area contributed by atoms with Gasteiger partial charge in [-0.05, 0) is 50.1 Å². The van der Waals surface area contributed by atoms with Gasteiger partial charge in [-0.25, -0.2) is 9.07 Å². The summed E-state index contributed by atoms with van der Waals surface area (Å²) in [7, 11) is 1.75. The van der Waals surface area contributed by atoms with E-state index in [-0.39, 0.29) is 17.7 Å². The molecule has 0 bridgehead atoms. The Balaban J connectivity index is 1.51. The normalized spacial score (nSPS) is 17.3. The second-order valence-corrected chi connectivity index (χ2v) is 6.99. The number of carbonyl (C=O) groups is 1. The number of hydrogen-bond acceptors (Lipinski definition) is 4. The van der Waals surface area contributed by atoms with Gasteiger partial charge < -0.3 is 15.0 Å². The predicted octanol–water partition coefficient (Wildman–Crippen LogP) is 2.40. The third-order valence-electron chi connectivity index (χ3n) is 4.95. The molecular weight excluding hydrogens is 373 g/mol. The van der Waals surface area contributed by atoms with Gasteiger partial charge >= 0.3 is 5.97 Å². The zero-order chi connectivity index (χ0) is 20.6. The van der Waals surface area contributed by atoms with E-state index in [0.717, 1.165) is 43.1 Å². The number of benzene rings is 1. The lowest BCUT2D eigenvalue weighted by Gasteiger charge is -2.33. The average molecular weight is 401 g/mol. The van der Waals surface area contributed by atoms with Crippen molar-refractivity contribution >= 4 is 11.9 Å². The summed E-state index contributed by atoms with van der Waals surface area (Å²) in [6, 6.07) is 8.19. The summed E-state index contributed by atoms with van der Waals surface area (Å²) in [6.45, 7) is 4.41. The van der Waals surface area contributed by atoms with Crippen LogP contribution in [-0.2, 0) is 16.0 Å². The van der Waals surface area contributed by atoms with Crippen molar-refractivity contribution in [2.24, 2.45) is 10.9 Å². The minimum absolute atomic E-state index is 0.103. The molecule has 1 unspecified atom stereocenters. The molecule has 0 amide bonds. The highest BCUT2D eigenvalue weighted by molar-refractivity contribution is 5.81. The highest BCUT2D eigenvalue weighted by Crippen LogP contribution is 2.18. The number of aliphatic imine (C=N–C) groups is 1. The number of nitrogens with one attached hydrogen (secondary N) is 1. The first kappa shape index (κ1) is 20.8. The van der Waals surface area contributed by atoms with Crippen molar-refractivity contribution < 1.29 is 13.9 Å². The molecule has 156 valence electrons. The number of hydrogen-bond donors (Lipinski definition) is 1. The lowest BCUT2D eigenvalue weighted by Crippen LogP contribution is -2.48. The highest BCUT2D eigenvalue weighted by atomic mass is 19.1. The summed E-state index contributed by atoms with van der Waals surface area (Å²) >= 11 is 0. The van der Waals surface area contributed by atoms with Crippen LogP contribution in [0.15, 0.2) is 41.5 Å². The standard InChI is InChI=1S/C21H28FN5O2/c1-3-29-20(28)16-5-4-13-26(15-16)21(23-2)24-12-10-18-11-14-27(25-18)19-8-6-17(22)7-9-19/h6-9,11,14,16H,3-5,10,12-13,15H2,1-2H3,(H,23,24). The molecule has 8 heteroatoms. The minimum Gasteiger partial charge on any atom is -0.466 e. The minimum atomic E-state index is -0.264. The monoisotopic (exact) mass is 401 g/mol. The first-order valence-corrected chi connectivity index (χ1v) is 10.0. The number of aromatic nitrogens is 2. The maximum Gasteiger partial charge on any atom is 0.310 e. The molecule has 1 fully saturated rings. The van der Waals surface area contributed by atoms with Gasteiger partial charge in [0, 0.05) is 39.3 Å². The number of esters is 1. The zero-order valence-corrected chi connectivity index (χ0v) is 17.0. The molecule has 1 aliphatic rings. The second-order valence-electron chi connectivity index (χ2n) is 6.99. The van der Waals surface area contributed by atoms with Gasteiger partial charge in [-0.3, -0.25) is 9.79 Å². The van der Waals surface area contributed by atoms with Gasteiger partial charge in [0.05, 0.1) is 23.9 Å². The first-order valence-electron chi connectivity index (χ1n) is 10.0. The Kier molecular flexibility index (Phi) is 7.21. The van der Waals surface area contributed by atoms with Crippen LogP contribution in [0.2, 0.25) is 0 Å². The largest absolute Gasteiger partial charge is 0.466 e. The first-order chi connectivity index (χ1) is 14.1. The van der Waals surface area contributed by atoms with Crippen molar-refractivity contribution in [3.8, 4) is 5.69 Å². The Morgan fingerprint density at radius 2 is 2.14 bits per heavy atom. The summed E-state index contributed by atoms with van der Waals surface area (Å²) in [5.41, 5.74) is 1.75. The molecule has 29 heavy (non-hydrogen) atoms. The SMILES string of the molecule is CCOC(=O)C1CCCN(C(=NC)NCCc2ccn(-c3ccc(F)cc3)n2)C1. The molecule has 0 aliphatic carbocycles. The number of guanidine groups is 1. The maximum atomic E-state index is 13.1. The van der Waals surface area contributed by atoms with Crippen molar-refractivity contribution in [1.82, 2.24) is 20.0 Å². The van der Waals surface area contributed by atoms with Crippen LogP contribution in [0, 0.1) is 11.7 Å². The van der Waals surface area contributed by atoms with E-state index in [9.17, 15) is 9.18 Å². The van der Waals surface area contributed by atoms with Gasteiger partial charge in [-0.2, -0.15) is 5.10 Å². The van der Waals surface area contributed by atoms with Gasteiger partial charge in [-0.1, -0.05) is 0 Å². The van der Waals surface area contributed by atoms with Crippen LogP contribution in [0.4, 0.5) is 4.39 Å². The fourth-order valence-electron chi connectivity index (χ4n) is 3.49. The number of carbonyl (C=O) groups excluding carboxylic acids is 1. The number of nitrogens with zero attached hydrogens (tertiary/aromatic N) is 4. The molecule has 0 saturated carbocycles. The van der Waals surface area contributed by atoms with E-state index in [4.69, 9.17) is 4.74 Å². The Bertz CT molecular complexity index is 834. The van der Waals surface area contributed by atoms with Crippen molar-refractivity contribution in [3.05, 3.63) is 48.0 Å². The van der Waals surface area contributed by atoms with Crippen molar-refractivity contribution in [1.29, 1.82) is 0 Å². The fraction of sp³-hybridized carbons (Fsp3) is 0.476. The Hall–Kier alpha value is -2.90. The van der Waals surface area contributed by atoms with E-state index in [2.05, 4.69) is 20.3 Å². The molecule has 1 N–H and O–H groups in total. The molecule has 3 rings (SSSR count). The van der Waals surface area contributed by atoms with Crippen LogP contribution in [0.1, 0.15) is 25.5 Å². The van der Waals surface area contributed by atoms with Crippen molar-refractivity contribution in [2.75, 3.05) is 33.3 Å². The molecular formula is C21H28FN5O2. The number of piperidine rings is 1. The van der Waals surface area contributed by atoms with Crippen LogP contribution >= 0.6 is 0 Å². The molecule has 1 atom stereocenters. The van der Waals surface area contributed by atoms with E-state index in [0.29, 0.717) is 19.7 Å². The van der Waals surface area contributed by atoms with Crippen LogP contribution in [-0.4, -0.2) is 59.9 Å². The Morgan fingerprint density at radius 3 is 2.86 bits per heavy atom. The second kappa shape index (κ2) is 10.0. The van der Waals surface area contributed by atoms with E-state index < -0.39 is 0 Å². The summed E-state index contributed by atoms with van der Waals surface area (Å²) in [5, 5.41) is 7.90. The summed E-state index contributed by atoms with van der Waals surface area (Å²) in [5.74, 6) is 0.296. The van der Waals surface area contributed by atoms with Gasteiger partial charge in [0.1, 0.15) is 5.82 Å². The molecule has 0 radical (unpaired) electrons. The van der Waals surface area contributed by atoms with Crippen molar-refractivity contribution in [2.45, 2.75) is 26.2 Å². The third kappa shape index (κ3) is 5.56. The number of rotatable bonds is 6.